The van der Waals surface area contributed by atoms with E-state index in [-0.39, 0.29) is 18.1 Å². The number of nitrogens with one attached hydrogen (secondary N) is 1. The second kappa shape index (κ2) is 5.57. The van der Waals surface area contributed by atoms with E-state index >= 15 is 0 Å². The Labute approximate surface area is 109 Å². The topological polar surface area (TPSA) is 58.6 Å². The van der Waals surface area contributed by atoms with Crippen molar-refractivity contribution in [3.05, 3.63) is 0 Å². The number of carbonyl (C=O) groups excluding carboxylic acids is 1. The fourth-order valence-electron chi connectivity index (χ4n) is 3.15. The summed E-state index contributed by atoms with van der Waals surface area (Å²) < 4.78 is 5.52. The van der Waals surface area contributed by atoms with Crippen molar-refractivity contribution in [1.29, 1.82) is 0 Å². The Bertz CT molecular complexity index is 307. The first-order chi connectivity index (χ1) is 8.48. The molecule has 0 spiro atoms. The smallest absolute Gasteiger partial charge is 0.249 e. The molecule has 104 valence electrons. The van der Waals surface area contributed by atoms with Gasteiger partial charge in [-0.2, -0.15) is 0 Å². The fourth-order valence-corrected chi connectivity index (χ4v) is 3.15. The van der Waals surface area contributed by atoms with Crippen molar-refractivity contribution in [2.75, 3.05) is 6.54 Å². The van der Waals surface area contributed by atoms with Crippen molar-refractivity contribution in [2.24, 2.45) is 5.92 Å². The lowest BCUT2D eigenvalue weighted by Crippen LogP contribution is -2.48. The summed E-state index contributed by atoms with van der Waals surface area (Å²) in [5.41, 5.74) is -0.711. The maximum atomic E-state index is 11.9. The molecule has 1 heterocycles. The Kier molecular flexibility index (Phi) is 4.28. The summed E-state index contributed by atoms with van der Waals surface area (Å²) in [6.45, 7) is 4.52. The van der Waals surface area contributed by atoms with Crippen LogP contribution in [0.1, 0.15) is 52.4 Å². The van der Waals surface area contributed by atoms with E-state index in [1.807, 2.05) is 6.92 Å². The first kappa shape index (κ1) is 13.8. The summed E-state index contributed by atoms with van der Waals surface area (Å²) >= 11 is 0. The summed E-state index contributed by atoms with van der Waals surface area (Å²) in [5, 5.41) is 13.3. The zero-order valence-corrected chi connectivity index (χ0v) is 11.4. The molecule has 0 aromatic carbocycles. The van der Waals surface area contributed by atoms with Crippen LogP contribution < -0.4 is 5.32 Å². The second-order valence-electron chi connectivity index (χ2n) is 6.16. The largest absolute Gasteiger partial charge is 0.388 e. The van der Waals surface area contributed by atoms with Gasteiger partial charge in [0.15, 0.2) is 0 Å². The number of aliphatic hydroxyl groups is 1. The molecule has 4 atom stereocenters. The van der Waals surface area contributed by atoms with Crippen molar-refractivity contribution < 1.29 is 14.6 Å². The summed E-state index contributed by atoms with van der Waals surface area (Å²) in [6.07, 6.45) is 5.41. The number of amides is 1. The van der Waals surface area contributed by atoms with E-state index in [1.54, 1.807) is 0 Å². The van der Waals surface area contributed by atoms with Crippen molar-refractivity contribution in [3.8, 4) is 0 Å². The van der Waals surface area contributed by atoms with Crippen LogP contribution in [-0.4, -0.2) is 35.4 Å². The third-order valence-electron chi connectivity index (χ3n) is 4.18. The van der Waals surface area contributed by atoms with Crippen LogP contribution in [0.25, 0.3) is 0 Å². The molecule has 4 heteroatoms. The molecule has 2 aliphatic rings. The lowest BCUT2D eigenvalue weighted by Gasteiger charge is -2.35. The molecule has 2 fully saturated rings. The van der Waals surface area contributed by atoms with Gasteiger partial charge in [0.2, 0.25) is 5.91 Å². The number of carbonyl (C=O) groups is 1. The fraction of sp³-hybridized carbons (Fsp3) is 0.929. The maximum Gasteiger partial charge on any atom is 0.249 e. The normalized spacial score (nSPS) is 40.7. The molecule has 0 aromatic rings. The minimum atomic E-state index is -0.711. The molecule has 0 aromatic heterocycles. The lowest BCUT2D eigenvalue weighted by molar-refractivity contribution is -0.133. The van der Waals surface area contributed by atoms with E-state index in [4.69, 9.17) is 4.74 Å². The van der Waals surface area contributed by atoms with Crippen LogP contribution in [0.15, 0.2) is 0 Å². The van der Waals surface area contributed by atoms with Crippen molar-refractivity contribution >= 4 is 5.91 Å². The molecule has 0 radical (unpaired) electrons. The summed E-state index contributed by atoms with van der Waals surface area (Å²) in [5.74, 6) is 0.481. The van der Waals surface area contributed by atoms with Gasteiger partial charge < -0.3 is 15.2 Å². The highest BCUT2D eigenvalue weighted by Gasteiger charge is 2.34. The van der Waals surface area contributed by atoms with Crippen LogP contribution in [-0.2, 0) is 9.53 Å². The summed E-state index contributed by atoms with van der Waals surface area (Å²) in [7, 11) is 0. The minimum Gasteiger partial charge on any atom is -0.388 e. The summed E-state index contributed by atoms with van der Waals surface area (Å²) in [6, 6.07) is 0. The molecule has 2 rings (SSSR count). The Morgan fingerprint density at radius 1 is 1.39 bits per heavy atom. The molecule has 1 amide bonds. The third kappa shape index (κ3) is 3.45. The Morgan fingerprint density at radius 2 is 2.17 bits per heavy atom. The lowest BCUT2D eigenvalue weighted by atomic mass is 9.79. The van der Waals surface area contributed by atoms with Gasteiger partial charge in [-0.1, -0.05) is 19.8 Å². The number of hydrogen-bond acceptors (Lipinski definition) is 3. The van der Waals surface area contributed by atoms with Gasteiger partial charge in [-0.3, -0.25) is 4.79 Å². The van der Waals surface area contributed by atoms with Crippen molar-refractivity contribution in [2.45, 2.75) is 70.2 Å². The number of ether oxygens (including phenoxy) is 1. The van der Waals surface area contributed by atoms with E-state index in [1.165, 1.54) is 6.42 Å². The van der Waals surface area contributed by atoms with Gasteiger partial charge >= 0.3 is 0 Å². The Balaban J connectivity index is 1.78. The summed E-state index contributed by atoms with van der Waals surface area (Å²) in [4.78, 5) is 11.9. The second-order valence-corrected chi connectivity index (χ2v) is 6.16. The van der Waals surface area contributed by atoms with Gasteiger partial charge in [-0.05, 0) is 38.5 Å². The standard InChI is InChI=1S/C14H25NO3/c1-10-4-3-7-14(17,8-10)9-15-13(16)12-6-5-11(2)18-12/h10-12,17H,3-9H2,1-2H3,(H,15,16). The van der Waals surface area contributed by atoms with Crippen molar-refractivity contribution in [1.82, 2.24) is 5.32 Å². The van der Waals surface area contributed by atoms with Gasteiger partial charge in [0.25, 0.3) is 0 Å². The van der Waals surface area contributed by atoms with E-state index in [2.05, 4.69) is 12.2 Å². The zero-order valence-electron chi connectivity index (χ0n) is 11.4. The van der Waals surface area contributed by atoms with Gasteiger partial charge in [0.05, 0.1) is 11.7 Å². The molecule has 4 nitrogen and oxygen atoms in total. The molecule has 1 aliphatic carbocycles. The monoisotopic (exact) mass is 255 g/mol. The minimum absolute atomic E-state index is 0.0639. The number of hydrogen-bond donors (Lipinski definition) is 2. The van der Waals surface area contributed by atoms with E-state index in [0.29, 0.717) is 12.5 Å². The highest BCUT2D eigenvalue weighted by atomic mass is 16.5. The van der Waals surface area contributed by atoms with Crippen LogP contribution in [0.3, 0.4) is 0 Å². The number of rotatable bonds is 3. The molecule has 4 unspecified atom stereocenters. The van der Waals surface area contributed by atoms with Crippen LogP contribution in [0.4, 0.5) is 0 Å². The van der Waals surface area contributed by atoms with Crippen LogP contribution in [0.5, 0.6) is 0 Å². The molecule has 1 saturated heterocycles. The average molecular weight is 255 g/mol. The quantitative estimate of drug-likeness (QED) is 0.805. The van der Waals surface area contributed by atoms with Crippen LogP contribution in [0, 0.1) is 5.92 Å². The van der Waals surface area contributed by atoms with Crippen LogP contribution in [0.2, 0.25) is 0 Å². The highest BCUT2D eigenvalue weighted by Crippen LogP contribution is 2.31. The molecule has 18 heavy (non-hydrogen) atoms. The SMILES string of the molecule is CC1CCCC(O)(CNC(=O)C2CCC(C)O2)C1. The average Bonchev–Trinajstić information content (AvgIpc) is 2.73. The van der Waals surface area contributed by atoms with E-state index < -0.39 is 5.60 Å². The van der Waals surface area contributed by atoms with Crippen LogP contribution >= 0.6 is 0 Å². The van der Waals surface area contributed by atoms with Gasteiger partial charge in [-0.15, -0.1) is 0 Å². The van der Waals surface area contributed by atoms with E-state index in [0.717, 1.165) is 32.1 Å². The van der Waals surface area contributed by atoms with Crippen molar-refractivity contribution in [3.63, 3.8) is 0 Å². The third-order valence-corrected chi connectivity index (χ3v) is 4.18. The van der Waals surface area contributed by atoms with E-state index in [9.17, 15) is 9.90 Å². The molecular weight excluding hydrogens is 230 g/mol. The molecule has 2 N–H and O–H groups in total. The maximum absolute atomic E-state index is 11.9. The van der Waals surface area contributed by atoms with Gasteiger partial charge in [0, 0.05) is 6.54 Å². The van der Waals surface area contributed by atoms with Gasteiger partial charge in [0.1, 0.15) is 6.10 Å². The Morgan fingerprint density at radius 3 is 2.78 bits per heavy atom. The zero-order chi connectivity index (χ0) is 13.2. The first-order valence-corrected chi connectivity index (χ1v) is 7.14. The molecular formula is C14H25NO3. The molecule has 1 saturated carbocycles. The predicted molar refractivity (Wildman–Crippen MR) is 69.2 cm³/mol. The first-order valence-electron chi connectivity index (χ1n) is 7.14. The predicted octanol–water partition coefficient (Wildman–Crippen LogP) is 1.61. The van der Waals surface area contributed by atoms with Gasteiger partial charge in [-0.25, -0.2) is 0 Å². The highest BCUT2D eigenvalue weighted by molar-refractivity contribution is 5.81. The Hall–Kier alpha value is -0.610. The molecule has 1 aliphatic heterocycles. The molecule has 0 bridgehead atoms.